The predicted octanol–water partition coefficient (Wildman–Crippen LogP) is -1.78. The molecule has 0 radical (unpaired) electrons. The normalized spacial score (nSPS) is 46.7. The zero-order chi connectivity index (χ0) is 15.0. The van der Waals surface area contributed by atoms with Crippen LogP contribution in [0.3, 0.4) is 0 Å². The molecule has 5 atom stereocenters. The van der Waals surface area contributed by atoms with E-state index in [9.17, 15) is 19.1 Å². The van der Waals surface area contributed by atoms with E-state index in [-0.39, 0.29) is 6.79 Å². The summed E-state index contributed by atoms with van der Waals surface area (Å²) in [5.74, 6) is -0.316. The van der Waals surface area contributed by atoms with E-state index in [1.165, 1.54) is 0 Å². The van der Waals surface area contributed by atoms with Gasteiger partial charge in [0.15, 0.2) is 19.1 Å². The zero-order valence-electron chi connectivity index (χ0n) is 10.4. The van der Waals surface area contributed by atoms with Crippen LogP contribution in [0.4, 0.5) is 4.39 Å². The van der Waals surface area contributed by atoms with Crippen LogP contribution in [0.1, 0.15) is 6.23 Å². The summed E-state index contributed by atoms with van der Waals surface area (Å²) in [4.78, 5) is 25.0. The van der Waals surface area contributed by atoms with E-state index in [1.54, 1.807) is 0 Å². The molecule has 0 bridgehead atoms. The Hall–Kier alpha value is -1.99. The lowest BCUT2D eigenvalue weighted by Crippen LogP contribution is -2.50. The molecule has 2 aliphatic heterocycles. The minimum absolute atomic E-state index is 0.342. The monoisotopic (exact) mass is 296 g/mol. The summed E-state index contributed by atoms with van der Waals surface area (Å²) in [6.45, 7) is -0.342. The lowest BCUT2D eigenvalue weighted by molar-refractivity contribution is -0.182. The molecule has 2 saturated heterocycles. The predicted molar refractivity (Wildman–Crippen MR) is 62.6 cm³/mol. The molecule has 5 unspecified atom stereocenters. The van der Waals surface area contributed by atoms with Gasteiger partial charge in [-0.15, -0.1) is 6.42 Å². The lowest BCUT2D eigenvalue weighted by atomic mass is 9.93. The van der Waals surface area contributed by atoms with Crippen molar-refractivity contribution in [3.63, 3.8) is 0 Å². The third-order valence-corrected chi connectivity index (χ3v) is 4.23. The molecule has 1 aliphatic carbocycles. The number of terminal acetylenes is 1. The van der Waals surface area contributed by atoms with Crippen molar-refractivity contribution in [2.45, 2.75) is 29.4 Å². The van der Waals surface area contributed by atoms with Crippen molar-refractivity contribution in [3.8, 4) is 12.3 Å². The summed E-state index contributed by atoms with van der Waals surface area (Å²) >= 11 is 0. The van der Waals surface area contributed by atoms with Crippen molar-refractivity contribution < 1.29 is 23.7 Å². The number of nitrogens with zero attached hydrogens (tertiary/aromatic N) is 1. The number of nitrogens with one attached hydrogen (secondary N) is 1. The van der Waals surface area contributed by atoms with Crippen LogP contribution in [0.25, 0.3) is 0 Å². The van der Waals surface area contributed by atoms with Crippen LogP contribution in [0.5, 0.6) is 0 Å². The Balaban J connectivity index is 1.91. The highest BCUT2D eigenvalue weighted by atomic mass is 19.2. The van der Waals surface area contributed by atoms with E-state index >= 15 is 0 Å². The van der Waals surface area contributed by atoms with Gasteiger partial charge in [-0.1, -0.05) is 5.92 Å². The second-order valence-electron chi connectivity index (χ2n) is 5.06. The third-order valence-electron chi connectivity index (χ3n) is 4.23. The summed E-state index contributed by atoms with van der Waals surface area (Å²) in [6, 6.07) is 1.06. The molecule has 4 rings (SSSR count). The van der Waals surface area contributed by atoms with Gasteiger partial charge in [-0.25, -0.2) is 9.18 Å². The van der Waals surface area contributed by atoms with Crippen LogP contribution in [0.15, 0.2) is 21.9 Å². The molecule has 8 nitrogen and oxygen atoms in total. The van der Waals surface area contributed by atoms with Crippen LogP contribution < -0.4 is 11.2 Å². The number of alkyl halides is 1. The molecule has 3 aliphatic rings. The third kappa shape index (κ3) is 1.09. The first-order chi connectivity index (χ1) is 9.93. The largest absolute Gasteiger partial charge is 0.384 e. The summed E-state index contributed by atoms with van der Waals surface area (Å²) in [7, 11) is 0. The Morgan fingerprint density at radius 2 is 2.29 bits per heavy atom. The standard InChI is InChI=1S/C12H9FN2O6/c1-2-10-8(15-4-3-6(16)14-9(15)18)21-12(13)7(17)11(10,12)20-5-19-10/h1,3-4,7-8,17H,5H2,(H,14,16,18). The Morgan fingerprint density at radius 1 is 1.52 bits per heavy atom. The molecule has 2 N–H and O–H groups in total. The van der Waals surface area contributed by atoms with Crippen molar-refractivity contribution >= 4 is 0 Å². The van der Waals surface area contributed by atoms with E-state index in [4.69, 9.17) is 20.6 Å². The van der Waals surface area contributed by atoms with Crippen molar-refractivity contribution in [2.75, 3.05) is 6.79 Å². The van der Waals surface area contributed by atoms with Gasteiger partial charge in [-0.3, -0.25) is 14.3 Å². The fourth-order valence-electron chi connectivity index (χ4n) is 3.17. The van der Waals surface area contributed by atoms with Gasteiger partial charge in [0.2, 0.25) is 11.2 Å². The summed E-state index contributed by atoms with van der Waals surface area (Å²) in [6.07, 6.45) is 3.58. The highest BCUT2D eigenvalue weighted by Gasteiger charge is 2.99. The summed E-state index contributed by atoms with van der Waals surface area (Å²) < 4.78 is 31.1. The number of H-pyrrole nitrogens is 1. The second kappa shape index (κ2) is 3.42. The number of halogens is 1. The maximum Gasteiger partial charge on any atom is 0.330 e. The Bertz CT molecular complexity index is 798. The Kier molecular flexibility index (Phi) is 2.08. The number of aromatic amines is 1. The summed E-state index contributed by atoms with van der Waals surface area (Å²) in [5.41, 5.74) is -5.13. The van der Waals surface area contributed by atoms with Crippen LogP contribution in [-0.2, 0) is 14.2 Å². The van der Waals surface area contributed by atoms with Crippen molar-refractivity contribution in [1.29, 1.82) is 0 Å². The first-order valence-corrected chi connectivity index (χ1v) is 6.05. The average Bonchev–Trinajstić information content (AvgIpc) is 2.80. The van der Waals surface area contributed by atoms with Crippen LogP contribution >= 0.6 is 0 Å². The van der Waals surface area contributed by atoms with Gasteiger partial charge >= 0.3 is 5.69 Å². The highest BCUT2D eigenvalue weighted by Crippen LogP contribution is 2.72. The van der Waals surface area contributed by atoms with E-state index < -0.39 is 40.6 Å². The second-order valence-corrected chi connectivity index (χ2v) is 5.06. The van der Waals surface area contributed by atoms with Gasteiger partial charge in [-0.2, -0.15) is 0 Å². The highest BCUT2D eigenvalue weighted by molar-refractivity contribution is 5.45. The first-order valence-electron chi connectivity index (χ1n) is 6.05. The molecule has 1 aromatic heterocycles. The first kappa shape index (κ1) is 12.7. The van der Waals surface area contributed by atoms with Crippen molar-refractivity contribution in [2.24, 2.45) is 0 Å². The van der Waals surface area contributed by atoms with Gasteiger partial charge in [0, 0.05) is 12.3 Å². The zero-order valence-corrected chi connectivity index (χ0v) is 10.4. The average molecular weight is 296 g/mol. The van der Waals surface area contributed by atoms with Crippen molar-refractivity contribution in [1.82, 2.24) is 9.55 Å². The molecule has 21 heavy (non-hydrogen) atoms. The molecule has 1 spiro atoms. The van der Waals surface area contributed by atoms with E-state index in [0.29, 0.717) is 0 Å². The quantitative estimate of drug-likeness (QED) is 0.594. The molecule has 0 aromatic carbocycles. The topological polar surface area (TPSA) is 103 Å². The number of aliphatic hydroxyl groups is 1. The Labute approximate surface area is 116 Å². The number of hydrogen-bond acceptors (Lipinski definition) is 6. The van der Waals surface area contributed by atoms with Crippen LogP contribution in [0.2, 0.25) is 0 Å². The number of aliphatic hydroxyl groups excluding tert-OH is 1. The van der Waals surface area contributed by atoms with Crippen LogP contribution in [-0.4, -0.2) is 44.6 Å². The lowest BCUT2D eigenvalue weighted by Gasteiger charge is -2.30. The maximum atomic E-state index is 14.6. The van der Waals surface area contributed by atoms with Crippen molar-refractivity contribution in [3.05, 3.63) is 33.1 Å². The van der Waals surface area contributed by atoms with Gasteiger partial charge in [0.05, 0.1) is 0 Å². The molecule has 9 heteroatoms. The molecule has 1 saturated carbocycles. The molecule has 0 amide bonds. The SMILES string of the molecule is C#CC12OCOC13C(O)C3(F)OC2n1ccc(=O)[nH]c1=O. The van der Waals surface area contributed by atoms with Crippen LogP contribution in [0, 0.1) is 12.3 Å². The Morgan fingerprint density at radius 3 is 2.95 bits per heavy atom. The van der Waals surface area contributed by atoms with E-state index in [2.05, 4.69) is 5.92 Å². The van der Waals surface area contributed by atoms with E-state index in [1.807, 2.05) is 4.98 Å². The fourth-order valence-corrected chi connectivity index (χ4v) is 3.17. The molecule has 3 heterocycles. The number of ether oxygens (including phenoxy) is 3. The van der Waals surface area contributed by atoms with Gasteiger partial charge in [-0.05, 0) is 0 Å². The molecular weight excluding hydrogens is 287 g/mol. The number of rotatable bonds is 1. The smallest absolute Gasteiger partial charge is 0.330 e. The maximum absolute atomic E-state index is 14.6. The van der Waals surface area contributed by atoms with Gasteiger partial charge < -0.3 is 19.3 Å². The molecule has 1 aromatic rings. The summed E-state index contributed by atoms with van der Waals surface area (Å²) in [5, 5.41) is 9.80. The fraction of sp³-hybridized carbons (Fsp3) is 0.500. The number of hydrogen-bond donors (Lipinski definition) is 2. The number of aromatic nitrogens is 2. The van der Waals surface area contributed by atoms with E-state index in [0.717, 1.165) is 16.8 Å². The molecule has 3 fully saturated rings. The van der Waals surface area contributed by atoms with Gasteiger partial charge in [0.25, 0.3) is 11.4 Å². The minimum Gasteiger partial charge on any atom is -0.384 e. The molecule has 110 valence electrons. The van der Waals surface area contributed by atoms with Gasteiger partial charge in [0.1, 0.15) is 0 Å². The minimum atomic E-state index is -2.56. The molecular formula is C12H9FN2O6.